The summed E-state index contributed by atoms with van der Waals surface area (Å²) in [6.07, 6.45) is 1.95. The third kappa shape index (κ3) is 9.35. The van der Waals surface area contributed by atoms with Crippen molar-refractivity contribution in [3.63, 3.8) is 0 Å². The van der Waals surface area contributed by atoms with Gasteiger partial charge in [0.1, 0.15) is 5.60 Å². The molecule has 2 aromatic rings. The molecule has 0 aliphatic carbocycles. The highest BCUT2D eigenvalue weighted by Crippen LogP contribution is 2.23. The Morgan fingerprint density at radius 1 is 1.09 bits per heavy atom. The topological polar surface area (TPSA) is 133 Å². The Hall–Kier alpha value is -2.89. The smallest absolute Gasteiger partial charge is 0.444 e. The van der Waals surface area contributed by atoms with Crippen molar-refractivity contribution < 1.29 is 32.8 Å². The van der Waals surface area contributed by atoms with Crippen molar-refractivity contribution in [1.82, 2.24) is 4.90 Å². The number of anilines is 1. The number of nitrogens with one attached hydrogen (secondary N) is 1. The summed E-state index contributed by atoms with van der Waals surface area (Å²) >= 11 is 0. The van der Waals surface area contributed by atoms with Gasteiger partial charge < -0.3 is 25.0 Å². The summed E-state index contributed by atoms with van der Waals surface area (Å²) in [5, 5.41) is 21.1. The van der Waals surface area contributed by atoms with Gasteiger partial charge in [0.15, 0.2) is 9.84 Å². The first kappa shape index (κ1) is 28.4. The number of rotatable bonds is 9. The van der Waals surface area contributed by atoms with Crippen LogP contribution in [0.25, 0.3) is 0 Å². The largest absolute Gasteiger partial charge is 0.488 e. The van der Waals surface area contributed by atoms with E-state index in [4.69, 9.17) is 14.8 Å². The van der Waals surface area contributed by atoms with Crippen molar-refractivity contribution in [2.75, 3.05) is 18.6 Å². The minimum atomic E-state index is -3.56. The number of carbonyl (C=O) groups is 2. The van der Waals surface area contributed by atoms with E-state index in [1.54, 1.807) is 51.1 Å². The molecule has 11 heteroatoms. The van der Waals surface area contributed by atoms with Gasteiger partial charge in [0.05, 0.1) is 11.4 Å². The summed E-state index contributed by atoms with van der Waals surface area (Å²) in [6.45, 7) is 5.21. The Morgan fingerprint density at radius 3 is 2.26 bits per heavy atom. The van der Waals surface area contributed by atoms with E-state index < -0.39 is 28.6 Å². The number of hydrogen-bond donors (Lipinski definition) is 3. The van der Waals surface area contributed by atoms with Crippen LogP contribution in [-0.4, -0.2) is 61.4 Å². The zero-order chi connectivity index (χ0) is 26.4. The number of nitrogens with zero attached hydrogens (tertiary/aromatic N) is 1. The van der Waals surface area contributed by atoms with Gasteiger partial charge in [-0.3, -0.25) is 4.79 Å². The molecule has 0 heterocycles. The van der Waals surface area contributed by atoms with E-state index in [2.05, 4.69) is 5.32 Å². The molecule has 0 aliphatic rings. The summed E-state index contributed by atoms with van der Waals surface area (Å²) in [6, 6.07) is 11.3. The fourth-order valence-corrected chi connectivity index (χ4v) is 4.25. The van der Waals surface area contributed by atoms with Crippen molar-refractivity contribution >= 4 is 40.1 Å². The molecule has 190 valence electrons. The van der Waals surface area contributed by atoms with Crippen LogP contribution in [0.4, 0.5) is 10.5 Å². The Morgan fingerprint density at radius 2 is 1.71 bits per heavy atom. The van der Waals surface area contributed by atoms with Crippen LogP contribution in [0.1, 0.15) is 44.7 Å². The second-order valence-electron chi connectivity index (χ2n) is 9.45. The maximum absolute atomic E-state index is 12.4. The number of hydrogen-bond acceptors (Lipinski definition) is 7. The molecule has 0 unspecified atom stereocenters. The summed E-state index contributed by atoms with van der Waals surface area (Å²) in [7, 11) is -3.56. The maximum atomic E-state index is 12.4. The molecule has 0 radical (unpaired) electrons. The van der Waals surface area contributed by atoms with Crippen LogP contribution in [0.15, 0.2) is 47.4 Å². The van der Waals surface area contributed by atoms with Gasteiger partial charge in [-0.1, -0.05) is 24.3 Å². The lowest BCUT2D eigenvalue weighted by molar-refractivity contribution is -0.116. The summed E-state index contributed by atoms with van der Waals surface area (Å²) in [5.74, 6) is -0.231. The molecule has 0 bridgehead atoms. The van der Waals surface area contributed by atoms with Gasteiger partial charge in [0.25, 0.3) is 0 Å². The fourth-order valence-electron chi connectivity index (χ4n) is 3.34. The van der Waals surface area contributed by atoms with E-state index in [-0.39, 0.29) is 23.8 Å². The zero-order valence-electron chi connectivity index (χ0n) is 20.7. The van der Waals surface area contributed by atoms with Crippen molar-refractivity contribution in [1.29, 1.82) is 0 Å². The Kier molecular flexibility index (Phi) is 9.48. The van der Waals surface area contributed by atoms with Gasteiger partial charge in [-0.2, -0.15) is 0 Å². The van der Waals surface area contributed by atoms with Crippen molar-refractivity contribution in [2.45, 2.75) is 57.1 Å². The molecule has 0 spiro atoms. The van der Waals surface area contributed by atoms with Crippen LogP contribution in [-0.2, 0) is 32.3 Å². The molecule has 0 fully saturated rings. The van der Waals surface area contributed by atoms with Gasteiger partial charge in [-0.15, -0.1) is 0 Å². The number of amides is 2. The normalized spacial score (nSPS) is 11.6. The first-order valence-electron chi connectivity index (χ1n) is 11.2. The molecular weight excluding hydrogens is 471 g/mol. The Bertz CT molecular complexity index is 1140. The lowest BCUT2D eigenvalue weighted by atomic mass is 9.80. The molecule has 2 rings (SSSR count). The molecule has 0 aliphatic heterocycles. The number of benzene rings is 2. The lowest BCUT2D eigenvalue weighted by Crippen LogP contribution is -2.34. The predicted molar refractivity (Wildman–Crippen MR) is 135 cm³/mol. The van der Waals surface area contributed by atoms with Crippen LogP contribution in [0.3, 0.4) is 0 Å². The molecule has 0 atom stereocenters. The molecule has 35 heavy (non-hydrogen) atoms. The van der Waals surface area contributed by atoms with E-state index in [0.29, 0.717) is 29.6 Å². The fraction of sp³-hybridized carbons (Fsp3) is 0.417. The third-order valence-corrected chi connectivity index (χ3v) is 6.20. The van der Waals surface area contributed by atoms with E-state index in [1.165, 1.54) is 24.1 Å². The van der Waals surface area contributed by atoms with Crippen LogP contribution in [0, 0.1) is 0 Å². The number of sulfone groups is 1. The maximum Gasteiger partial charge on any atom is 0.488 e. The van der Waals surface area contributed by atoms with Crippen LogP contribution < -0.4 is 10.8 Å². The van der Waals surface area contributed by atoms with Crippen LogP contribution in [0.5, 0.6) is 0 Å². The monoisotopic (exact) mass is 504 g/mol. The highest BCUT2D eigenvalue weighted by Gasteiger charge is 2.22. The minimum Gasteiger partial charge on any atom is -0.444 e. The second-order valence-corrected chi connectivity index (χ2v) is 11.4. The molecule has 9 nitrogen and oxygen atoms in total. The van der Waals surface area contributed by atoms with Gasteiger partial charge in [0.2, 0.25) is 5.91 Å². The van der Waals surface area contributed by atoms with Crippen molar-refractivity contribution in [2.24, 2.45) is 0 Å². The first-order valence-corrected chi connectivity index (χ1v) is 13.1. The third-order valence-electron chi connectivity index (χ3n) is 5.00. The first-order chi connectivity index (χ1) is 16.2. The summed E-state index contributed by atoms with van der Waals surface area (Å²) in [5.41, 5.74) is 1.47. The molecule has 2 amide bonds. The van der Waals surface area contributed by atoms with Crippen molar-refractivity contribution in [3.05, 3.63) is 53.6 Å². The molecular formula is C24H33BN2O7S. The second kappa shape index (κ2) is 11.7. The van der Waals surface area contributed by atoms with E-state index in [9.17, 15) is 18.0 Å². The van der Waals surface area contributed by atoms with Crippen molar-refractivity contribution in [3.8, 4) is 0 Å². The molecule has 0 aromatic heterocycles. The van der Waals surface area contributed by atoms with Crippen LogP contribution >= 0.6 is 0 Å². The molecule has 2 aromatic carbocycles. The highest BCUT2D eigenvalue weighted by molar-refractivity contribution is 7.90. The quantitative estimate of drug-likeness (QED) is 0.446. The van der Waals surface area contributed by atoms with Gasteiger partial charge >= 0.3 is 13.2 Å². The highest BCUT2D eigenvalue weighted by atomic mass is 32.2. The average Bonchev–Trinajstić information content (AvgIpc) is 2.72. The predicted octanol–water partition coefficient (Wildman–Crippen LogP) is 2.10. The standard InChI is InChI=1S/C24H33BN2O7S/c1-24(2,3)34-23(29)27(4)16-18-15-20(13-14-21(18)35(5,32)33)26-22(28)8-6-7-17-9-11-19(12-10-17)25(30)31/h9-15,30-31H,6-8,16H2,1-5H3,(H,26,28). The Labute approximate surface area is 207 Å². The Balaban J connectivity index is 2.04. The molecule has 3 N–H and O–H groups in total. The number of aryl methyl sites for hydroxylation is 1. The van der Waals surface area contributed by atoms with E-state index in [0.717, 1.165) is 11.8 Å². The SMILES string of the molecule is CN(Cc1cc(NC(=O)CCCc2ccc(B(O)O)cc2)ccc1S(C)(=O)=O)C(=O)OC(C)(C)C. The molecule has 0 saturated heterocycles. The van der Waals surface area contributed by atoms with Gasteiger partial charge in [0, 0.05) is 25.4 Å². The summed E-state index contributed by atoms with van der Waals surface area (Å²) in [4.78, 5) is 26.1. The zero-order valence-corrected chi connectivity index (χ0v) is 21.6. The van der Waals surface area contributed by atoms with E-state index in [1.807, 2.05) is 0 Å². The van der Waals surface area contributed by atoms with Gasteiger partial charge in [-0.05, 0) is 68.4 Å². The average molecular weight is 504 g/mol. The summed E-state index contributed by atoms with van der Waals surface area (Å²) < 4.78 is 29.8. The number of ether oxygens (including phenoxy) is 1. The lowest BCUT2D eigenvalue weighted by Gasteiger charge is -2.25. The minimum absolute atomic E-state index is 0.0143. The van der Waals surface area contributed by atoms with Crippen LogP contribution in [0.2, 0.25) is 0 Å². The van der Waals surface area contributed by atoms with E-state index >= 15 is 0 Å². The number of carbonyl (C=O) groups excluding carboxylic acids is 2. The van der Waals surface area contributed by atoms with Gasteiger partial charge in [-0.25, -0.2) is 13.2 Å². The molecule has 0 saturated carbocycles.